The minimum atomic E-state index is -0.256. The van der Waals surface area contributed by atoms with Crippen LogP contribution in [0, 0.1) is 5.92 Å². The Hall–Kier alpha value is -2.48. The van der Waals surface area contributed by atoms with E-state index in [9.17, 15) is 9.90 Å². The molecule has 2 N–H and O–H groups in total. The molecule has 1 aromatic heterocycles. The number of ether oxygens (including phenoxy) is 1. The van der Waals surface area contributed by atoms with Gasteiger partial charge in [0.15, 0.2) is 6.61 Å². The highest BCUT2D eigenvalue weighted by Crippen LogP contribution is 2.18. The van der Waals surface area contributed by atoms with Crippen LogP contribution in [0.5, 0.6) is 5.75 Å². The van der Waals surface area contributed by atoms with Crippen molar-refractivity contribution < 1.29 is 14.6 Å². The average molecular weight is 333 g/mol. The predicted octanol–water partition coefficient (Wildman–Crippen LogP) is 0.779. The van der Waals surface area contributed by atoms with E-state index in [1.54, 1.807) is 31.3 Å². The molecule has 0 aliphatic heterocycles. The Kier molecular flexibility index (Phi) is 6.25. The lowest BCUT2D eigenvalue weighted by Crippen LogP contribution is -2.43. The topological polar surface area (TPSA) is 102 Å². The molecule has 24 heavy (non-hydrogen) atoms. The molecule has 0 spiro atoms. The molecule has 2 atom stereocenters. The Labute approximate surface area is 140 Å². The van der Waals surface area contributed by atoms with Crippen LogP contribution in [0.1, 0.15) is 20.3 Å². The first-order valence-corrected chi connectivity index (χ1v) is 7.91. The second kappa shape index (κ2) is 8.39. The highest BCUT2D eigenvalue weighted by atomic mass is 16.5. The van der Waals surface area contributed by atoms with Crippen molar-refractivity contribution in [3.63, 3.8) is 0 Å². The third-order valence-corrected chi connectivity index (χ3v) is 3.86. The minimum absolute atomic E-state index is 0.0828. The van der Waals surface area contributed by atoms with Gasteiger partial charge in [-0.15, -0.1) is 10.2 Å². The number of aromatic nitrogens is 4. The number of amides is 1. The smallest absolute Gasteiger partial charge is 0.258 e. The molecule has 1 amide bonds. The van der Waals surface area contributed by atoms with Gasteiger partial charge < -0.3 is 15.2 Å². The van der Waals surface area contributed by atoms with E-state index < -0.39 is 0 Å². The number of tetrazole rings is 1. The van der Waals surface area contributed by atoms with Crippen molar-refractivity contribution in [3.8, 4) is 17.1 Å². The van der Waals surface area contributed by atoms with E-state index in [4.69, 9.17) is 4.74 Å². The molecular weight excluding hydrogens is 310 g/mol. The molecule has 0 aliphatic carbocycles. The third-order valence-electron chi connectivity index (χ3n) is 3.86. The molecule has 1 heterocycles. The van der Waals surface area contributed by atoms with Gasteiger partial charge in [0.05, 0.1) is 19.7 Å². The van der Waals surface area contributed by atoms with Crippen LogP contribution in [0.4, 0.5) is 0 Å². The van der Waals surface area contributed by atoms with Gasteiger partial charge in [-0.25, -0.2) is 0 Å². The van der Waals surface area contributed by atoms with Crippen molar-refractivity contribution in [1.82, 2.24) is 25.5 Å². The van der Waals surface area contributed by atoms with Crippen molar-refractivity contribution in [1.29, 1.82) is 0 Å². The molecule has 130 valence electrons. The second-order valence-corrected chi connectivity index (χ2v) is 5.66. The lowest BCUT2D eigenvalue weighted by Gasteiger charge is -2.22. The van der Waals surface area contributed by atoms with Crippen molar-refractivity contribution in [2.75, 3.05) is 13.2 Å². The maximum absolute atomic E-state index is 11.9. The molecule has 0 saturated carbocycles. The molecule has 2 aromatic rings. The Balaban J connectivity index is 1.86. The van der Waals surface area contributed by atoms with E-state index in [2.05, 4.69) is 20.7 Å². The van der Waals surface area contributed by atoms with Crippen molar-refractivity contribution >= 4 is 5.91 Å². The highest BCUT2D eigenvalue weighted by Gasteiger charge is 2.17. The molecule has 0 unspecified atom stereocenters. The van der Waals surface area contributed by atoms with Gasteiger partial charge in [0.2, 0.25) is 5.82 Å². The van der Waals surface area contributed by atoms with Crippen LogP contribution in [-0.4, -0.2) is 50.5 Å². The Morgan fingerprint density at radius 3 is 2.62 bits per heavy atom. The molecule has 8 heteroatoms. The summed E-state index contributed by atoms with van der Waals surface area (Å²) in [5.41, 5.74) is 0.817. The van der Waals surface area contributed by atoms with Crippen LogP contribution in [0.2, 0.25) is 0 Å². The summed E-state index contributed by atoms with van der Waals surface area (Å²) in [5.74, 6) is 1.05. The van der Waals surface area contributed by atoms with Gasteiger partial charge in [-0.05, 0) is 35.4 Å². The van der Waals surface area contributed by atoms with Crippen LogP contribution in [0.25, 0.3) is 11.4 Å². The van der Waals surface area contributed by atoms with Gasteiger partial charge in [0.1, 0.15) is 5.75 Å². The van der Waals surface area contributed by atoms with E-state index in [1.165, 1.54) is 4.80 Å². The first kappa shape index (κ1) is 17.9. The van der Waals surface area contributed by atoms with Gasteiger partial charge in [-0.1, -0.05) is 20.3 Å². The number of carbonyl (C=O) groups is 1. The zero-order valence-corrected chi connectivity index (χ0v) is 14.1. The Morgan fingerprint density at radius 1 is 1.38 bits per heavy atom. The maximum atomic E-state index is 11.9. The van der Waals surface area contributed by atoms with Gasteiger partial charge in [-0.3, -0.25) is 4.79 Å². The van der Waals surface area contributed by atoms with E-state index >= 15 is 0 Å². The van der Waals surface area contributed by atoms with Crippen LogP contribution in [0.3, 0.4) is 0 Å². The number of hydrogen-bond acceptors (Lipinski definition) is 6. The summed E-state index contributed by atoms with van der Waals surface area (Å²) in [4.78, 5) is 13.3. The largest absolute Gasteiger partial charge is 0.484 e. The van der Waals surface area contributed by atoms with E-state index in [0.717, 1.165) is 12.0 Å². The first-order valence-electron chi connectivity index (χ1n) is 7.91. The molecule has 1 aromatic carbocycles. The fourth-order valence-electron chi connectivity index (χ4n) is 2.15. The second-order valence-electron chi connectivity index (χ2n) is 5.66. The lowest BCUT2D eigenvalue weighted by molar-refractivity contribution is -0.124. The summed E-state index contributed by atoms with van der Waals surface area (Å²) in [5, 5.41) is 23.9. The minimum Gasteiger partial charge on any atom is -0.484 e. The summed E-state index contributed by atoms with van der Waals surface area (Å²) in [6, 6.07) is 6.85. The quantitative estimate of drug-likeness (QED) is 0.740. The van der Waals surface area contributed by atoms with Crippen LogP contribution >= 0.6 is 0 Å². The molecular formula is C16H23N5O3. The van der Waals surface area contributed by atoms with E-state index in [1.807, 2.05) is 13.8 Å². The van der Waals surface area contributed by atoms with Gasteiger partial charge in [0, 0.05) is 5.56 Å². The summed E-state index contributed by atoms with van der Waals surface area (Å²) in [6.45, 7) is 3.82. The molecule has 0 bridgehead atoms. The van der Waals surface area contributed by atoms with E-state index in [-0.39, 0.29) is 31.1 Å². The van der Waals surface area contributed by atoms with Gasteiger partial charge in [-0.2, -0.15) is 4.80 Å². The van der Waals surface area contributed by atoms with Crippen molar-refractivity contribution in [2.45, 2.75) is 26.3 Å². The SMILES string of the molecule is CC[C@H](C)[C@H](CO)NC(=O)COc1ccc(-c2nnn(C)n2)cc1. The Bertz CT molecular complexity index is 656. The lowest BCUT2D eigenvalue weighted by atomic mass is 10.00. The number of nitrogens with one attached hydrogen (secondary N) is 1. The van der Waals surface area contributed by atoms with Crippen LogP contribution in [0.15, 0.2) is 24.3 Å². The standard InChI is InChI=1S/C16H23N5O3/c1-4-11(2)14(9-22)17-15(23)10-24-13-7-5-12(6-8-13)16-18-20-21(3)19-16/h5-8,11,14,22H,4,9-10H2,1-3H3,(H,17,23)/t11-,14-/m0/s1. The Morgan fingerprint density at radius 2 is 2.08 bits per heavy atom. The number of rotatable bonds is 8. The van der Waals surface area contributed by atoms with Crippen LogP contribution < -0.4 is 10.1 Å². The molecule has 0 aliphatic rings. The van der Waals surface area contributed by atoms with E-state index in [0.29, 0.717) is 11.6 Å². The van der Waals surface area contributed by atoms with Crippen molar-refractivity contribution in [3.05, 3.63) is 24.3 Å². The monoisotopic (exact) mass is 333 g/mol. The number of hydrogen-bond donors (Lipinski definition) is 2. The first-order chi connectivity index (χ1) is 11.5. The number of aryl methyl sites for hydroxylation is 1. The molecule has 0 radical (unpaired) electrons. The molecule has 0 saturated heterocycles. The highest BCUT2D eigenvalue weighted by molar-refractivity contribution is 5.77. The molecule has 8 nitrogen and oxygen atoms in total. The zero-order valence-electron chi connectivity index (χ0n) is 14.1. The number of aliphatic hydroxyl groups excluding tert-OH is 1. The predicted molar refractivity (Wildman–Crippen MR) is 88.2 cm³/mol. The average Bonchev–Trinajstić information content (AvgIpc) is 3.04. The maximum Gasteiger partial charge on any atom is 0.258 e. The third kappa shape index (κ3) is 4.76. The summed E-state index contributed by atoms with van der Waals surface area (Å²) >= 11 is 0. The summed E-state index contributed by atoms with van der Waals surface area (Å²) in [7, 11) is 1.70. The fraction of sp³-hybridized carbons (Fsp3) is 0.500. The normalized spacial score (nSPS) is 13.3. The fourth-order valence-corrected chi connectivity index (χ4v) is 2.15. The molecule has 0 fully saturated rings. The van der Waals surface area contributed by atoms with Gasteiger partial charge in [0.25, 0.3) is 5.91 Å². The molecule has 2 rings (SSSR count). The van der Waals surface area contributed by atoms with Crippen LogP contribution in [-0.2, 0) is 11.8 Å². The zero-order chi connectivity index (χ0) is 17.5. The number of nitrogens with zero attached hydrogens (tertiary/aromatic N) is 4. The van der Waals surface area contributed by atoms with Crippen molar-refractivity contribution in [2.24, 2.45) is 13.0 Å². The van der Waals surface area contributed by atoms with Gasteiger partial charge >= 0.3 is 0 Å². The summed E-state index contributed by atoms with van der Waals surface area (Å²) < 4.78 is 5.47. The number of aliphatic hydroxyl groups is 1. The number of carbonyl (C=O) groups excluding carboxylic acids is 1. The number of benzene rings is 1. The summed E-state index contributed by atoms with van der Waals surface area (Å²) in [6.07, 6.45) is 0.879.